The molecule has 0 aliphatic heterocycles. The monoisotopic (exact) mass is 667 g/mol. The lowest BCUT2D eigenvalue weighted by molar-refractivity contribution is 1.18. The second-order valence-electron chi connectivity index (χ2n) is 12.8. The van der Waals surface area contributed by atoms with E-state index in [0.29, 0.717) is 5.82 Å². The van der Waals surface area contributed by atoms with Crippen LogP contribution in [0, 0.1) is 0 Å². The van der Waals surface area contributed by atoms with Gasteiger partial charge in [-0.2, -0.15) is 0 Å². The molecule has 0 aliphatic carbocycles. The Morgan fingerprint density at radius 3 is 1.88 bits per heavy atom. The number of aromatic nitrogens is 3. The number of fused-ring (bicyclic) bond motifs is 6. The van der Waals surface area contributed by atoms with Crippen LogP contribution >= 0.6 is 11.3 Å². The lowest BCUT2D eigenvalue weighted by Crippen LogP contribution is -1.98. The largest absolute Gasteiger partial charge is 0.264 e. The first-order chi connectivity index (χ1) is 25.3. The van der Waals surface area contributed by atoms with E-state index in [0.717, 1.165) is 39.2 Å². The van der Waals surface area contributed by atoms with Crippen molar-refractivity contribution in [2.45, 2.75) is 0 Å². The van der Waals surface area contributed by atoms with Gasteiger partial charge in [0.15, 0.2) is 5.82 Å². The summed E-state index contributed by atoms with van der Waals surface area (Å²) in [6.07, 6.45) is 3.70. The van der Waals surface area contributed by atoms with Gasteiger partial charge in [-0.3, -0.25) is 4.98 Å². The fourth-order valence-corrected chi connectivity index (χ4v) is 8.40. The molecule has 238 valence electrons. The molecule has 0 spiro atoms. The minimum absolute atomic E-state index is 0.679. The van der Waals surface area contributed by atoms with E-state index >= 15 is 0 Å². The third-order valence-corrected chi connectivity index (χ3v) is 11.0. The van der Waals surface area contributed by atoms with E-state index in [1.807, 2.05) is 23.6 Å². The van der Waals surface area contributed by atoms with Gasteiger partial charge in [0.05, 0.1) is 11.4 Å². The summed E-state index contributed by atoms with van der Waals surface area (Å²) in [5, 5.41) is 7.41. The van der Waals surface area contributed by atoms with Gasteiger partial charge in [0.1, 0.15) is 0 Å². The Kier molecular flexibility index (Phi) is 7.00. The first kappa shape index (κ1) is 29.4. The highest BCUT2D eigenvalue weighted by molar-refractivity contribution is 7.25. The molecule has 0 unspecified atom stereocenters. The summed E-state index contributed by atoms with van der Waals surface area (Å²) in [5.41, 5.74) is 9.30. The standard InChI is InChI=1S/C47H29N3S/c1-2-12-35-33(10-1)27-41(38-15-5-4-14-37(35)38)44-28-43(49-47(50-44)40-17-6-3-13-36(40)34-11-9-25-48-29-34)31-21-19-30(20-22-31)32-23-24-46-42(26-32)39-16-7-8-18-45(39)51-46/h1-29H. The van der Waals surface area contributed by atoms with Crippen LogP contribution in [-0.4, -0.2) is 15.0 Å². The molecule has 0 amide bonds. The molecular formula is C47H29N3S. The smallest absolute Gasteiger partial charge is 0.161 e. The molecule has 0 fully saturated rings. The lowest BCUT2D eigenvalue weighted by Gasteiger charge is -2.15. The van der Waals surface area contributed by atoms with Crippen LogP contribution < -0.4 is 0 Å². The van der Waals surface area contributed by atoms with Crippen molar-refractivity contribution in [3.8, 4) is 56.2 Å². The molecule has 0 bridgehead atoms. The van der Waals surface area contributed by atoms with E-state index in [1.54, 1.807) is 6.20 Å². The van der Waals surface area contributed by atoms with Crippen molar-refractivity contribution in [3.63, 3.8) is 0 Å². The molecule has 10 rings (SSSR count). The summed E-state index contributed by atoms with van der Waals surface area (Å²) in [6, 6.07) is 58.3. The van der Waals surface area contributed by atoms with E-state index in [9.17, 15) is 0 Å². The van der Waals surface area contributed by atoms with E-state index < -0.39 is 0 Å². The Morgan fingerprint density at radius 1 is 0.373 bits per heavy atom. The van der Waals surface area contributed by atoms with E-state index in [2.05, 4.69) is 163 Å². The second kappa shape index (κ2) is 12.1. The maximum Gasteiger partial charge on any atom is 0.161 e. The lowest BCUT2D eigenvalue weighted by atomic mass is 9.94. The summed E-state index contributed by atoms with van der Waals surface area (Å²) in [7, 11) is 0. The Morgan fingerprint density at radius 2 is 1.04 bits per heavy atom. The molecule has 0 N–H and O–H groups in total. The average Bonchev–Trinajstić information content (AvgIpc) is 3.59. The van der Waals surface area contributed by atoms with Gasteiger partial charge in [-0.05, 0) is 74.6 Å². The van der Waals surface area contributed by atoms with Crippen LogP contribution in [0.4, 0.5) is 0 Å². The van der Waals surface area contributed by atoms with Gasteiger partial charge in [0.2, 0.25) is 0 Å². The summed E-state index contributed by atoms with van der Waals surface area (Å²) in [6.45, 7) is 0. The van der Waals surface area contributed by atoms with Crippen molar-refractivity contribution >= 4 is 53.1 Å². The maximum absolute atomic E-state index is 5.33. The zero-order valence-electron chi connectivity index (χ0n) is 27.5. The molecule has 0 atom stereocenters. The van der Waals surface area contributed by atoms with Gasteiger partial charge >= 0.3 is 0 Å². The average molecular weight is 668 g/mol. The topological polar surface area (TPSA) is 38.7 Å². The number of nitrogens with zero attached hydrogens (tertiary/aromatic N) is 3. The normalized spacial score (nSPS) is 11.5. The third-order valence-electron chi connectivity index (χ3n) is 9.80. The molecule has 0 saturated carbocycles. The highest BCUT2D eigenvalue weighted by Crippen LogP contribution is 2.39. The van der Waals surface area contributed by atoms with Crippen LogP contribution in [0.3, 0.4) is 0 Å². The molecule has 3 aromatic heterocycles. The number of rotatable bonds is 5. The van der Waals surface area contributed by atoms with Gasteiger partial charge in [-0.25, -0.2) is 9.97 Å². The molecule has 51 heavy (non-hydrogen) atoms. The van der Waals surface area contributed by atoms with Crippen molar-refractivity contribution < 1.29 is 0 Å². The fourth-order valence-electron chi connectivity index (χ4n) is 7.31. The summed E-state index contributed by atoms with van der Waals surface area (Å²) >= 11 is 1.85. The van der Waals surface area contributed by atoms with Crippen LogP contribution in [0.2, 0.25) is 0 Å². The Labute approximate surface area is 299 Å². The Balaban J connectivity index is 1.15. The molecule has 10 aromatic rings. The van der Waals surface area contributed by atoms with E-state index in [4.69, 9.17) is 9.97 Å². The van der Waals surface area contributed by atoms with Crippen molar-refractivity contribution in [3.05, 3.63) is 176 Å². The molecule has 0 radical (unpaired) electrons. The van der Waals surface area contributed by atoms with Gasteiger partial charge in [-0.1, -0.05) is 127 Å². The zero-order valence-corrected chi connectivity index (χ0v) is 28.3. The Bertz CT molecular complexity index is 2910. The number of thiophene rings is 1. The fraction of sp³-hybridized carbons (Fsp3) is 0. The van der Waals surface area contributed by atoms with E-state index in [-0.39, 0.29) is 0 Å². The number of benzene rings is 7. The number of pyridine rings is 1. The van der Waals surface area contributed by atoms with Crippen molar-refractivity contribution in [1.82, 2.24) is 15.0 Å². The molecule has 4 heteroatoms. The van der Waals surface area contributed by atoms with Gasteiger partial charge in [0.25, 0.3) is 0 Å². The molecule has 3 heterocycles. The zero-order chi connectivity index (χ0) is 33.7. The van der Waals surface area contributed by atoms with Crippen molar-refractivity contribution in [2.75, 3.05) is 0 Å². The van der Waals surface area contributed by atoms with Crippen LogP contribution in [-0.2, 0) is 0 Å². The summed E-state index contributed by atoms with van der Waals surface area (Å²) in [4.78, 5) is 15.0. The summed E-state index contributed by atoms with van der Waals surface area (Å²) < 4.78 is 2.63. The highest BCUT2D eigenvalue weighted by atomic mass is 32.1. The highest BCUT2D eigenvalue weighted by Gasteiger charge is 2.17. The second-order valence-corrected chi connectivity index (χ2v) is 13.9. The van der Waals surface area contributed by atoms with Gasteiger partial charge < -0.3 is 0 Å². The quantitative estimate of drug-likeness (QED) is 0.171. The maximum atomic E-state index is 5.33. The molecule has 7 aromatic carbocycles. The molecular weight excluding hydrogens is 639 g/mol. The van der Waals surface area contributed by atoms with Crippen molar-refractivity contribution in [1.29, 1.82) is 0 Å². The third kappa shape index (κ3) is 5.16. The first-order valence-electron chi connectivity index (χ1n) is 17.1. The number of hydrogen-bond acceptors (Lipinski definition) is 4. The van der Waals surface area contributed by atoms with Crippen LogP contribution in [0.25, 0.3) is 97.9 Å². The minimum Gasteiger partial charge on any atom is -0.264 e. The number of hydrogen-bond donors (Lipinski definition) is 0. The van der Waals surface area contributed by atoms with Crippen molar-refractivity contribution in [2.24, 2.45) is 0 Å². The summed E-state index contributed by atoms with van der Waals surface area (Å²) in [5.74, 6) is 0.679. The van der Waals surface area contributed by atoms with Gasteiger partial charge in [-0.15, -0.1) is 11.3 Å². The van der Waals surface area contributed by atoms with Gasteiger partial charge in [0, 0.05) is 54.8 Å². The Hall–Kier alpha value is -6.49. The van der Waals surface area contributed by atoms with Crippen LogP contribution in [0.5, 0.6) is 0 Å². The molecule has 0 saturated heterocycles. The SMILES string of the molecule is c1cncc(-c2ccccc2-c2nc(-c3ccc(-c4ccc5sc6ccccc6c5c4)cc3)cc(-c3cc4ccccc4c4ccccc34)n2)c1. The van der Waals surface area contributed by atoms with Crippen LogP contribution in [0.1, 0.15) is 0 Å². The minimum atomic E-state index is 0.679. The first-order valence-corrected chi connectivity index (χ1v) is 17.9. The predicted molar refractivity (Wildman–Crippen MR) is 215 cm³/mol. The molecule has 0 aliphatic rings. The molecule has 3 nitrogen and oxygen atoms in total. The van der Waals surface area contributed by atoms with Crippen LogP contribution in [0.15, 0.2) is 176 Å². The van der Waals surface area contributed by atoms with E-state index in [1.165, 1.54) is 52.8 Å². The predicted octanol–water partition coefficient (Wildman–Crippen LogP) is 12.9.